The molecular weight excluding hydrogens is 352 g/mol. The molecular formula is C22H30N4O2. The molecule has 0 radical (unpaired) electrons. The number of fused-ring (bicyclic) bond motifs is 3. The van der Waals surface area contributed by atoms with Crippen molar-refractivity contribution in [1.82, 2.24) is 20.2 Å². The molecule has 3 aliphatic rings. The number of nitrogens with zero attached hydrogens (tertiary/aromatic N) is 3. The third kappa shape index (κ3) is 3.83. The zero-order valence-corrected chi connectivity index (χ0v) is 17.2. The molecule has 6 nitrogen and oxygen atoms in total. The fourth-order valence-corrected chi connectivity index (χ4v) is 4.49. The van der Waals surface area contributed by atoms with Crippen LogP contribution < -0.4 is 5.32 Å². The molecule has 6 heteroatoms. The predicted molar refractivity (Wildman–Crippen MR) is 108 cm³/mol. The molecule has 0 saturated carbocycles. The van der Waals surface area contributed by atoms with Crippen molar-refractivity contribution in [1.29, 1.82) is 0 Å². The summed E-state index contributed by atoms with van der Waals surface area (Å²) >= 11 is 0. The van der Waals surface area contributed by atoms with Crippen molar-refractivity contribution < 1.29 is 9.21 Å². The summed E-state index contributed by atoms with van der Waals surface area (Å²) in [5.41, 5.74) is 1.63. The fourth-order valence-electron chi connectivity index (χ4n) is 4.49. The first kappa shape index (κ1) is 19.1. The highest BCUT2D eigenvalue weighted by molar-refractivity contribution is 5.81. The lowest BCUT2D eigenvalue weighted by molar-refractivity contribution is -0.129. The molecule has 0 aromatic carbocycles. The van der Waals surface area contributed by atoms with Crippen LogP contribution in [0.3, 0.4) is 0 Å². The van der Waals surface area contributed by atoms with E-state index in [0.29, 0.717) is 17.9 Å². The van der Waals surface area contributed by atoms with E-state index in [-0.39, 0.29) is 11.3 Å². The Morgan fingerprint density at radius 2 is 2.18 bits per heavy atom. The summed E-state index contributed by atoms with van der Waals surface area (Å²) in [6, 6.07) is 6.34. The highest BCUT2D eigenvalue weighted by atomic mass is 16.3. The normalized spacial score (nSPS) is 27.0. The molecule has 3 saturated heterocycles. The average molecular weight is 383 g/mol. The van der Waals surface area contributed by atoms with Crippen molar-refractivity contribution in [2.24, 2.45) is 11.3 Å². The van der Waals surface area contributed by atoms with Crippen LogP contribution in [-0.2, 0) is 4.79 Å². The second-order valence-electron chi connectivity index (χ2n) is 9.20. The number of piperidine rings is 3. The molecule has 1 unspecified atom stereocenters. The smallest absolute Gasteiger partial charge is 0.225 e. The lowest BCUT2D eigenvalue weighted by Gasteiger charge is -2.50. The number of rotatable bonds is 4. The van der Waals surface area contributed by atoms with Crippen LogP contribution in [0.5, 0.6) is 0 Å². The van der Waals surface area contributed by atoms with Gasteiger partial charge in [-0.25, -0.2) is 9.97 Å². The van der Waals surface area contributed by atoms with Gasteiger partial charge in [-0.15, -0.1) is 0 Å². The molecule has 0 spiro atoms. The van der Waals surface area contributed by atoms with Gasteiger partial charge >= 0.3 is 0 Å². The summed E-state index contributed by atoms with van der Waals surface area (Å²) in [5.74, 6) is 2.71. The third-order valence-electron chi connectivity index (χ3n) is 6.07. The van der Waals surface area contributed by atoms with E-state index in [1.165, 1.54) is 6.42 Å². The summed E-state index contributed by atoms with van der Waals surface area (Å²) in [7, 11) is 0. The lowest BCUT2D eigenvalue weighted by Crippen LogP contribution is -2.56. The van der Waals surface area contributed by atoms with Gasteiger partial charge < -0.3 is 9.73 Å². The van der Waals surface area contributed by atoms with Gasteiger partial charge in [0.1, 0.15) is 11.5 Å². The molecule has 5 heterocycles. The van der Waals surface area contributed by atoms with Crippen molar-refractivity contribution in [3.05, 3.63) is 36.0 Å². The summed E-state index contributed by atoms with van der Waals surface area (Å²) in [6.07, 6.45) is 3.97. The van der Waals surface area contributed by atoms with E-state index in [1.807, 2.05) is 39.8 Å². The van der Waals surface area contributed by atoms with E-state index in [0.717, 1.165) is 49.0 Å². The maximum Gasteiger partial charge on any atom is 0.225 e. The van der Waals surface area contributed by atoms with Gasteiger partial charge in [0.05, 0.1) is 6.26 Å². The Bertz CT molecular complexity index is 841. The largest absolute Gasteiger partial charge is 0.463 e. The fraction of sp³-hybridized carbons (Fsp3) is 0.591. The number of hydrogen-bond donors (Lipinski definition) is 1. The Morgan fingerprint density at radius 3 is 2.82 bits per heavy atom. The molecule has 150 valence electrons. The summed E-state index contributed by atoms with van der Waals surface area (Å²) in [6.45, 7) is 10.7. The van der Waals surface area contributed by atoms with Gasteiger partial charge in [-0.2, -0.15) is 0 Å². The predicted octanol–water partition coefficient (Wildman–Crippen LogP) is 3.39. The lowest BCUT2D eigenvalue weighted by atomic mass is 9.74. The third-order valence-corrected chi connectivity index (χ3v) is 6.07. The minimum Gasteiger partial charge on any atom is -0.463 e. The highest BCUT2D eigenvalue weighted by Crippen LogP contribution is 2.41. The van der Waals surface area contributed by atoms with Crippen molar-refractivity contribution >= 4 is 5.91 Å². The van der Waals surface area contributed by atoms with Crippen LogP contribution >= 0.6 is 0 Å². The van der Waals surface area contributed by atoms with E-state index in [1.54, 1.807) is 6.26 Å². The van der Waals surface area contributed by atoms with E-state index in [9.17, 15) is 4.79 Å². The van der Waals surface area contributed by atoms with Crippen molar-refractivity contribution in [3.63, 3.8) is 0 Å². The second-order valence-corrected chi connectivity index (χ2v) is 9.20. The van der Waals surface area contributed by atoms with Crippen molar-refractivity contribution in [2.45, 2.75) is 52.5 Å². The Balaban J connectivity index is 1.47. The number of hydrogen-bond acceptors (Lipinski definition) is 5. The van der Waals surface area contributed by atoms with Crippen LogP contribution in [-0.4, -0.2) is 46.5 Å². The number of aromatic nitrogens is 2. The number of carbonyl (C=O) groups excluding carboxylic acids is 1. The Kier molecular flexibility index (Phi) is 5.00. The molecule has 3 fully saturated rings. The molecule has 4 atom stereocenters. The number of furan rings is 1. The zero-order chi connectivity index (χ0) is 19.9. The van der Waals surface area contributed by atoms with E-state index in [2.05, 4.69) is 21.3 Å². The monoisotopic (exact) mass is 382 g/mol. The first-order valence-corrected chi connectivity index (χ1v) is 10.2. The van der Waals surface area contributed by atoms with Crippen LogP contribution in [0.25, 0.3) is 11.5 Å². The minimum atomic E-state index is -0.341. The Hall–Kier alpha value is -2.21. The van der Waals surface area contributed by atoms with Gasteiger partial charge in [-0.1, -0.05) is 20.8 Å². The number of amides is 1. The van der Waals surface area contributed by atoms with Gasteiger partial charge in [-0.3, -0.25) is 9.69 Å². The standard InChI is InChI=1S/C22H30N4O2/c1-14-24-18(11-19(25-14)20-6-5-9-28-20)17-13-26-8-7-15(17)10-16(26)12-23-21(27)22(2,3)4/h5-6,9,11,15-17H,7-8,10,12-13H2,1-4H3,(H,23,27)/t15-,16+,17+/m0/s1. The molecule has 3 aliphatic heterocycles. The second kappa shape index (κ2) is 7.32. The van der Waals surface area contributed by atoms with Gasteiger partial charge in [0.15, 0.2) is 5.76 Å². The molecule has 5 rings (SSSR count). The topological polar surface area (TPSA) is 71.3 Å². The molecule has 2 aromatic heterocycles. The number of aryl methyl sites for hydroxylation is 1. The van der Waals surface area contributed by atoms with Crippen LogP contribution in [0.4, 0.5) is 0 Å². The van der Waals surface area contributed by atoms with Crippen molar-refractivity contribution in [2.75, 3.05) is 19.6 Å². The van der Waals surface area contributed by atoms with Gasteiger partial charge in [0, 0.05) is 36.2 Å². The maximum absolute atomic E-state index is 12.2. The van der Waals surface area contributed by atoms with E-state index >= 15 is 0 Å². The van der Waals surface area contributed by atoms with Gasteiger partial charge in [0.2, 0.25) is 5.91 Å². The summed E-state index contributed by atoms with van der Waals surface area (Å²) in [4.78, 5) is 24.1. The van der Waals surface area contributed by atoms with Crippen LogP contribution in [0.2, 0.25) is 0 Å². The van der Waals surface area contributed by atoms with Crippen molar-refractivity contribution in [3.8, 4) is 11.5 Å². The molecule has 0 aliphatic carbocycles. The Morgan fingerprint density at radius 1 is 1.36 bits per heavy atom. The maximum atomic E-state index is 12.2. The molecule has 2 aromatic rings. The average Bonchev–Trinajstić information content (AvgIpc) is 3.20. The van der Waals surface area contributed by atoms with E-state index in [4.69, 9.17) is 9.40 Å². The molecule has 28 heavy (non-hydrogen) atoms. The zero-order valence-electron chi connectivity index (χ0n) is 17.2. The summed E-state index contributed by atoms with van der Waals surface area (Å²) in [5, 5.41) is 3.15. The summed E-state index contributed by atoms with van der Waals surface area (Å²) < 4.78 is 5.54. The SMILES string of the molecule is Cc1nc(-c2ccco2)cc([C@@H]2CN3CC[C@H]2C[C@@H]3CNC(=O)C(C)(C)C)n1. The van der Waals surface area contributed by atoms with Gasteiger partial charge in [0.25, 0.3) is 0 Å². The van der Waals surface area contributed by atoms with Crippen LogP contribution in [0, 0.1) is 18.3 Å². The first-order valence-electron chi connectivity index (χ1n) is 10.2. The minimum absolute atomic E-state index is 0.126. The quantitative estimate of drug-likeness (QED) is 0.878. The van der Waals surface area contributed by atoms with Crippen LogP contribution in [0.15, 0.2) is 28.9 Å². The highest BCUT2D eigenvalue weighted by Gasteiger charge is 2.41. The number of nitrogens with one attached hydrogen (secondary N) is 1. The van der Waals surface area contributed by atoms with E-state index < -0.39 is 0 Å². The Labute approximate surface area is 166 Å². The number of carbonyl (C=O) groups is 1. The van der Waals surface area contributed by atoms with Gasteiger partial charge in [-0.05, 0) is 50.4 Å². The molecule has 1 N–H and O–H groups in total. The molecule has 2 bridgehead atoms. The van der Waals surface area contributed by atoms with Crippen LogP contribution in [0.1, 0.15) is 51.0 Å². The molecule has 1 amide bonds. The first-order chi connectivity index (χ1) is 13.3.